The minimum atomic E-state index is -0.594. The van der Waals surface area contributed by atoms with Crippen LogP contribution in [-0.4, -0.2) is 68.0 Å². The predicted molar refractivity (Wildman–Crippen MR) is 152 cm³/mol. The highest BCUT2D eigenvalue weighted by molar-refractivity contribution is 6.33. The molecule has 1 aliphatic rings. The van der Waals surface area contributed by atoms with Crippen molar-refractivity contribution in [1.29, 1.82) is 0 Å². The van der Waals surface area contributed by atoms with Crippen molar-refractivity contribution >= 4 is 17.7 Å². The van der Waals surface area contributed by atoms with E-state index >= 15 is 0 Å². The SMILES string of the molecule is COCCOc1cc(F)ccc1-c1cc(Cl)c(-c2cnn(C)c2)nc1-c1cc2n(n1)CCN(C(=O)OC(C)(C)C)C2. The first-order chi connectivity index (χ1) is 19.5. The molecule has 0 fully saturated rings. The van der Waals surface area contributed by atoms with E-state index in [1.165, 1.54) is 12.1 Å². The Kier molecular flexibility index (Phi) is 8.01. The van der Waals surface area contributed by atoms with Crippen molar-refractivity contribution in [2.75, 3.05) is 26.9 Å². The minimum Gasteiger partial charge on any atom is -0.490 e. The van der Waals surface area contributed by atoms with E-state index in [1.54, 1.807) is 35.0 Å². The average Bonchev–Trinajstić information content (AvgIpc) is 3.53. The zero-order chi connectivity index (χ0) is 29.3. The lowest BCUT2D eigenvalue weighted by Crippen LogP contribution is -2.41. The fourth-order valence-electron chi connectivity index (χ4n) is 4.57. The number of carbonyl (C=O) groups is 1. The van der Waals surface area contributed by atoms with Crippen molar-refractivity contribution in [2.45, 2.75) is 39.5 Å². The van der Waals surface area contributed by atoms with Crippen LogP contribution in [0.3, 0.4) is 0 Å². The summed E-state index contributed by atoms with van der Waals surface area (Å²) in [6.07, 6.45) is 3.14. The molecule has 1 aromatic carbocycles. The highest BCUT2D eigenvalue weighted by Crippen LogP contribution is 2.41. The molecule has 0 atom stereocenters. The van der Waals surface area contributed by atoms with E-state index in [0.717, 1.165) is 11.3 Å². The molecule has 41 heavy (non-hydrogen) atoms. The largest absolute Gasteiger partial charge is 0.490 e. The minimum absolute atomic E-state index is 0.233. The van der Waals surface area contributed by atoms with Gasteiger partial charge in [0.2, 0.25) is 0 Å². The van der Waals surface area contributed by atoms with Crippen molar-refractivity contribution in [3.05, 3.63) is 59.3 Å². The molecular formula is C29H32ClFN6O4. The zero-order valence-corrected chi connectivity index (χ0v) is 24.4. The molecular weight excluding hydrogens is 551 g/mol. The van der Waals surface area contributed by atoms with Gasteiger partial charge in [0.1, 0.15) is 29.5 Å². The molecule has 0 bridgehead atoms. The number of amides is 1. The molecule has 0 saturated heterocycles. The number of fused-ring (bicyclic) bond motifs is 1. The molecule has 0 spiro atoms. The number of ether oxygens (including phenoxy) is 3. The van der Waals surface area contributed by atoms with Gasteiger partial charge in [0, 0.05) is 49.7 Å². The molecule has 10 nitrogen and oxygen atoms in total. The van der Waals surface area contributed by atoms with Crippen LogP contribution in [-0.2, 0) is 29.6 Å². The number of rotatable bonds is 7. The van der Waals surface area contributed by atoms with Crippen molar-refractivity contribution in [3.63, 3.8) is 0 Å². The van der Waals surface area contributed by atoms with Crippen LogP contribution in [0.2, 0.25) is 5.02 Å². The molecule has 3 aromatic heterocycles. The average molecular weight is 583 g/mol. The summed E-state index contributed by atoms with van der Waals surface area (Å²) in [7, 11) is 3.38. The van der Waals surface area contributed by atoms with Gasteiger partial charge in [-0.15, -0.1) is 0 Å². The summed E-state index contributed by atoms with van der Waals surface area (Å²) in [6.45, 7) is 7.38. The summed E-state index contributed by atoms with van der Waals surface area (Å²) < 4.78 is 34.4. The molecule has 12 heteroatoms. The van der Waals surface area contributed by atoms with Crippen LogP contribution >= 0.6 is 11.6 Å². The summed E-state index contributed by atoms with van der Waals surface area (Å²) in [5.41, 5.74) is 3.84. The highest BCUT2D eigenvalue weighted by atomic mass is 35.5. The van der Waals surface area contributed by atoms with Gasteiger partial charge in [-0.2, -0.15) is 10.2 Å². The second-order valence-electron chi connectivity index (χ2n) is 10.7. The number of hydrogen-bond acceptors (Lipinski definition) is 7. The van der Waals surface area contributed by atoms with Crippen LogP contribution < -0.4 is 4.74 Å². The number of aryl methyl sites for hydroxylation is 1. The summed E-state index contributed by atoms with van der Waals surface area (Å²) in [4.78, 5) is 19.4. The predicted octanol–water partition coefficient (Wildman–Crippen LogP) is 5.58. The molecule has 1 amide bonds. The topological polar surface area (TPSA) is 96.5 Å². The van der Waals surface area contributed by atoms with Gasteiger partial charge in [-0.05, 0) is 45.0 Å². The van der Waals surface area contributed by atoms with E-state index in [-0.39, 0.29) is 12.7 Å². The van der Waals surface area contributed by atoms with Gasteiger partial charge in [0.25, 0.3) is 0 Å². The van der Waals surface area contributed by atoms with Crippen LogP contribution in [0.15, 0.2) is 42.7 Å². The molecule has 4 heterocycles. The Bertz CT molecular complexity index is 1580. The first-order valence-corrected chi connectivity index (χ1v) is 13.6. The van der Waals surface area contributed by atoms with Crippen LogP contribution in [0.25, 0.3) is 33.8 Å². The maximum atomic E-state index is 14.3. The second kappa shape index (κ2) is 11.5. The first kappa shape index (κ1) is 28.6. The highest BCUT2D eigenvalue weighted by Gasteiger charge is 2.28. The molecule has 216 valence electrons. The molecule has 5 rings (SSSR count). The van der Waals surface area contributed by atoms with E-state index < -0.39 is 11.4 Å². The summed E-state index contributed by atoms with van der Waals surface area (Å²) in [5.74, 6) is -0.108. The standard InChI is InChI=1S/C29H32ClFN6O4/c1-29(2,3)41-28(38)36-8-9-37-20(17-36)13-24(34-37)27-22(14-23(30)26(33-27)18-15-32-35(4)16-18)21-7-6-19(31)12-25(21)40-11-10-39-5/h6-7,12-16H,8-11,17H2,1-5H3. The smallest absolute Gasteiger partial charge is 0.410 e. The van der Waals surface area contributed by atoms with Crippen molar-refractivity contribution < 1.29 is 23.4 Å². The van der Waals surface area contributed by atoms with E-state index in [0.29, 0.717) is 65.2 Å². The number of aromatic nitrogens is 5. The van der Waals surface area contributed by atoms with Crippen LogP contribution in [0.4, 0.5) is 9.18 Å². The summed E-state index contributed by atoms with van der Waals surface area (Å²) in [6, 6.07) is 8.02. The van der Waals surface area contributed by atoms with E-state index in [4.69, 9.17) is 35.9 Å². The third kappa shape index (κ3) is 6.36. The van der Waals surface area contributed by atoms with Gasteiger partial charge in [-0.3, -0.25) is 9.36 Å². The number of methoxy groups -OCH3 is 1. The van der Waals surface area contributed by atoms with Crippen LogP contribution in [0, 0.1) is 5.82 Å². The van der Waals surface area contributed by atoms with Gasteiger partial charge >= 0.3 is 6.09 Å². The Morgan fingerprint density at radius 1 is 1.10 bits per heavy atom. The second-order valence-corrected chi connectivity index (χ2v) is 11.2. The Labute approximate surface area is 242 Å². The molecule has 0 N–H and O–H groups in total. The van der Waals surface area contributed by atoms with Gasteiger partial charge in [-0.25, -0.2) is 14.2 Å². The number of carbonyl (C=O) groups excluding carboxylic acids is 1. The summed E-state index contributed by atoms with van der Waals surface area (Å²) in [5, 5.41) is 9.50. The Balaban J connectivity index is 1.60. The third-order valence-electron chi connectivity index (χ3n) is 6.43. The Morgan fingerprint density at radius 2 is 1.90 bits per heavy atom. The molecule has 4 aromatic rings. The van der Waals surface area contributed by atoms with Gasteiger partial charge in [0.15, 0.2) is 0 Å². The number of hydrogen-bond donors (Lipinski definition) is 0. The van der Waals surface area contributed by atoms with Crippen LogP contribution in [0.5, 0.6) is 5.75 Å². The van der Waals surface area contributed by atoms with Gasteiger partial charge in [0.05, 0.1) is 48.0 Å². The molecule has 0 aliphatic carbocycles. The molecule has 0 unspecified atom stereocenters. The third-order valence-corrected chi connectivity index (χ3v) is 6.71. The summed E-state index contributed by atoms with van der Waals surface area (Å²) >= 11 is 6.78. The quantitative estimate of drug-likeness (QED) is 0.262. The first-order valence-electron chi connectivity index (χ1n) is 13.2. The van der Waals surface area contributed by atoms with E-state index in [9.17, 15) is 9.18 Å². The lowest BCUT2D eigenvalue weighted by molar-refractivity contribution is 0.0194. The fourth-order valence-corrected chi connectivity index (χ4v) is 4.83. The van der Waals surface area contributed by atoms with Gasteiger partial charge < -0.3 is 19.1 Å². The molecule has 1 aliphatic heterocycles. The number of halogens is 2. The maximum absolute atomic E-state index is 14.3. The molecule has 0 saturated carbocycles. The number of pyridine rings is 1. The lowest BCUT2D eigenvalue weighted by atomic mass is 9.99. The fraction of sp³-hybridized carbons (Fsp3) is 0.379. The van der Waals surface area contributed by atoms with E-state index in [1.807, 2.05) is 44.8 Å². The lowest BCUT2D eigenvalue weighted by Gasteiger charge is -2.30. The Hall–Kier alpha value is -3.96. The van der Waals surface area contributed by atoms with Crippen molar-refractivity contribution in [2.24, 2.45) is 7.05 Å². The van der Waals surface area contributed by atoms with Crippen molar-refractivity contribution in [3.8, 4) is 39.5 Å². The Morgan fingerprint density at radius 3 is 2.61 bits per heavy atom. The number of nitrogens with zero attached hydrogens (tertiary/aromatic N) is 6. The normalized spacial score (nSPS) is 13.3. The molecule has 0 radical (unpaired) electrons. The van der Waals surface area contributed by atoms with Crippen LogP contribution in [0.1, 0.15) is 26.5 Å². The zero-order valence-electron chi connectivity index (χ0n) is 23.6. The number of benzene rings is 1. The van der Waals surface area contributed by atoms with E-state index in [2.05, 4.69) is 5.10 Å². The van der Waals surface area contributed by atoms with Crippen molar-refractivity contribution in [1.82, 2.24) is 29.4 Å². The maximum Gasteiger partial charge on any atom is 0.410 e. The monoisotopic (exact) mass is 582 g/mol. The van der Waals surface area contributed by atoms with Gasteiger partial charge in [-0.1, -0.05) is 11.6 Å².